The maximum atomic E-state index is 11.4. The van der Waals surface area contributed by atoms with Gasteiger partial charge in [-0.1, -0.05) is 0 Å². The number of aromatic nitrogens is 1. The lowest BCUT2D eigenvalue weighted by Gasteiger charge is -2.36. The number of aryl methyl sites for hydroxylation is 1. The van der Waals surface area contributed by atoms with Crippen LogP contribution in [-0.2, 0) is 0 Å². The van der Waals surface area contributed by atoms with Gasteiger partial charge in [0.15, 0.2) is 0 Å². The fourth-order valence-electron chi connectivity index (χ4n) is 2.70. The minimum Gasteiger partial charge on any atom is -0.390 e. The Morgan fingerprint density at radius 3 is 2.71 bits per heavy atom. The highest BCUT2D eigenvalue weighted by molar-refractivity contribution is 7.18. The third-order valence-corrected chi connectivity index (χ3v) is 4.90. The number of piperidine rings is 1. The zero-order chi connectivity index (χ0) is 15.2. The van der Waals surface area contributed by atoms with Crippen LogP contribution < -0.4 is 4.90 Å². The van der Waals surface area contributed by atoms with Gasteiger partial charge < -0.3 is 10.0 Å². The van der Waals surface area contributed by atoms with Crippen LogP contribution in [0, 0.1) is 17.0 Å². The molecule has 0 aliphatic carbocycles. The molecule has 21 heavy (non-hydrogen) atoms. The van der Waals surface area contributed by atoms with E-state index >= 15 is 0 Å². The smallest absolute Gasteiger partial charge is 0.294 e. The molecule has 1 aromatic carbocycles. The molecule has 0 radical (unpaired) electrons. The number of hydrogen-bond donors (Lipinski definition) is 1. The summed E-state index contributed by atoms with van der Waals surface area (Å²) in [5, 5.41) is 22.3. The molecule has 2 heterocycles. The van der Waals surface area contributed by atoms with Crippen molar-refractivity contribution in [2.75, 3.05) is 18.0 Å². The Balaban J connectivity index is 2.03. The van der Waals surface area contributed by atoms with E-state index in [1.54, 1.807) is 12.1 Å². The second-order valence-corrected chi connectivity index (χ2v) is 7.02. The number of nitro groups is 1. The second-order valence-electron chi connectivity index (χ2n) is 5.78. The molecule has 112 valence electrons. The van der Waals surface area contributed by atoms with Gasteiger partial charge in [-0.3, -0.25) is 10.1 Å². The number of hydrogen-bond acceptors (Lipinski definition) is 6. The average Bonchev–Trinajstić information content (AvgIpc) is 2.76. The predicted octanol–water partition coefficient (Wildman–Crippen LogP) is 2.86. The lowest BCUT2D eigenvalue weighted by atomic mass is 9.93. The Morgan fingerprint density at radius 1 is 1.43 bits per heavy atom. The molecule has 3 rings (SSSR count). The lowest BCUT2D eigenvalue weighted by Crippen LogP contribution is -2.42. The van der Waals surface area contributed by atoms with E-state index in [1.165, 1.54) is 11.3 Å². The van der Waals surface area contributed by atoms with Gasteiger partial charge in [0.2, 0.25) is 0 Å². The number of anilines is 1. The first-order valence-electron chi connectivity index (χ1n) is 6.89. The minimum atomic E-state index is -0.674. The van der Waals surface area contributed by atoms with E-state index in [0.717, 1.165) is 15.2 Å². The van der Waals surface area contributed by atoms with E-state index in [2.05, 4.69) is 4.98 Å². The standard InChI is InChI=1S/C14H17N3O3S/c1-9-15-10-7-11(12(17(19)20)8-13(10)21-9)16-5-3-14(2,18)4-6-16/h7-8,18H,3-6H2,1-2H3. The number of fused-ring (bicyclic) bond motifs is 1. The SMILES string of the molecule is Cc1nc2cc(N3CCC(C)(O)CC3)c([N+](=O)[O-])cc2s1. The van der Waals surface area contributed by atoms with Crippen LogP contribution in [0.5, 0.6) is 0 Å². The predicted molar refractivity (Wildman–Crippen MR) is 83.1 cm³/mol. The summed E-state index contributed by atoms with van der Waals surface area (Å²) in [6.07, 6.45) is 1.22. The van der Waals surface area contributed by atoms with Gasteiger partial charge in [-0.25, -0.2) is 4.98 Å². The highest BCUT2D eigenvalue weighted by Crippen LogP contribution is 2.37. The minimum absolute atomic E-state index is 0.118. The molecule has 1 N–H and O–H groups in total. The van der Waals surface area contributed by atoms with E-state index < -0.39 is 5.60 Å². The summed E-state index contributed by atoms with van der Waals surface area (Å²) in [6, 6.07) is 3.42. The molecule has 1 aromatic heterocycles. The summed E-state index contributed by atoms with van der Waals surface area (Å²) in [7, 11) is 0. The van der Waals surface area contributed by atoms with Gasteiger partial charge in [-0.2, -0.15) is 0 Å². The second kappa shape index (κ2) is 4.92. The van der Waals surface area contributed by atoms with Crippen LogP contribution in [0.4, 0.5) is 11.4 Å². The van der Waals surface area contributed by atoms with Gasteiger partial charge in [0.25, 0.3) is 5.69 Å². The van der Waals surface area contributed by atoms with Crippen molar-refractivity contribution in [1.82, 2.24) is 4.98 Å². The van der Waals surface area contributed by atoms with Crippen molar-refractivity contribution >= 4 is 32.9 Å². The summed E-state index contributed by atoms with van der Waals surface area (Å²) in [4.78, 5) is 17.4. The summed E-state index contributed by atoms with van der Waals surface area (Å²) in [6.45, 7) is 4.94. The van der Waals surface area contributed by atoms with Crippen molar-refractivity contribution in [3.8, 4) is 0 Å². The van der Waals surface area contributed by atoms with Crippen LogP contribution in [0.15, 0.2) is 12.1 Å². The normalized spacial score (nSPS) is 18.1. The van der Waals surface area contributed by atoms with Crippen LogP contribution in [0.3, 0.4) is 0 Å². The maximum absolute atomic E-state index is 11.4. The van der Waals surface area contributed by atoms with Crippen LogP contribution in [0.2, 0.25) is 0 Å². The summed E-state index contributed by atoms with van der Waals surface area (Å²) >= 11 is 1.46. The number of nitrogens with zero attached hydrogens (tertiary/aromatic N) is 3. The molecular formula is C14H17N3O3S. The zero-order valence-corrected chi connectivity index (χ0v) is 12.8. The molecule has 2 aromatic rings. The molecule has 1 aliphatic heterocycles. The molecule has 0 unspecified atom stereocenters. The molecule has 0 spiro atoms. The van der Waals surface area contributed by atoms with Crippen molar-refractivity contribution in [2.24, 2.45) is 0 Å². The third-order valence-electron chi connectivity index (χ3n) is 3.97. The average molecular weight is 307 g/mol. The number of nitro benzene ring substituents is 1. The van der Waals surface area contributed by atoms with Gasteiger partial charge in [0.05, 0.1) is 25.7 Å². The molecule has 7 heteroatoms. The van der Waals surface area contributed by atoms with Crippen molar-refractivity contribution < 1.29 is 10.0 Å². The topological polar surface area (TPSA) is 79.5 Å². The number of rotatable bonds is 2. The van der Waals surface area contributed by atoms with Crippen LogP contribution in [0.25, 0.3) is 10.2 Å². The third kappa shape index (κ3) is 2.71. The Hall–Kier alpha value is -1.73. The molecule has 1 fully saturated rings. The summed E-state index contributed by atoms with van der Waals surface area (Å²) in [5.41, 5.74) is 0.850. The van der Waals surface area contributed by atoms with Crippen molar-refractivity contribution in [3.63, 3.8) is 0 Å². The molecule has 0 saturated carbocycles. The Morgan fingerprint density at radius 2 is 2.10 bits per heavy atom. The molecule has 1 saturated heterocycles. The molecule has 0 bridgehead atoms. The molecule has 1 aliphatic rings. The maximum Gasteiger partial charge on any atom is 0.294 e. The zero-order valence-electron chi connectivity index (χ0n) is 12.0. The summed E-state index contributed by atoms with van der Waals surface area (Å²) < 4.78 is 0.840. The van der Waals surface area contributed by atoms with Crippen molar-refractivity contribution in [3.05, 3.63) is 27.3 Å². The largest absolute Gasteiger partial charge is 0.390 e. The van der Waals surface area contributed by atoms with Crippen LogP contribution in [0.1, 0.15) is 24.8 Å². The van der Waals surface area contributed by atoms with Gasteiger partial charge in [0.1, 0.15) is 5.69 Å². The first-order chi connectivity index (χ1) is 9.85. The van der Waals surface area contributed by atoms with E-state index in [9.17, 15) is 15.2 Å². The first kappa shape index (κ1) is 14.2. The monoisotopic (exact) mass is 307 g/mol. The number of thiazole rings is 1. The highest BCUT2D eigenvalue weighted by Gasteiger charge is 2.30. The van der Waals surface area contributed by atoms with Gasteiger partial charge in [-0.15, -0.1) is 11.3 Å². The highest BCUT2D eigenvalue weighted by atomic mass is 32.1. The molecule has 0 atom stereocenters. The molecule has 0 amide bonds. The van der Waals surface area contributed by atoms with Crippen LogP contribution in [-0.4, -0.2) is 33.7 Å². The number of benzene rings is 1. The van der Waals surface area contributed by atoms with E-state index in [0.29, 0.717) is 31.6 Å². The Kier molecular flexibility index (Phi) is 3.33. The fraction of sp³-hybridized carbons (Fsp3) is 0.500. The van der Waals surface area contributed by atoms with Gasteiger partial charge in [-0.05, 0) is 32.8 Å². The van der Waals surface area contributed by atoms with E-state index in [1.807, 2.05) is 18.7 Å². The molecular weight excluding hydrogens is 290 g/mol. The van der Waals surface area contributed by atoms with E-state index in [4.69, 9.17) is 0 Å². The first-order valence-corrected chi connectivity index (χ1v) is 7.70. The Bertz CT molecular complexity index is 701. The summed E-state index contributed by atoms with van der Waals surface area (Å²) in [5.74, 6) is 0. The van der Waals surface area contributed by atoms with Crippen LogP contribution >= 0.6 is 11.3 Å². The van der Waals surface area contributed by atoms with Crippen molar-refractivity contribution in [1.29, 1.82) is 0 Å². The lowest BCUT2D eigenvalue weighted by molar-refractivity contribution is -0.384. The Labute approximate surface area is 126 Å². The van der Waals surface area contributed by atoms with Gasteiger partial charge in [0, 0.05) is 19.2 Å². The van der Waals surface area contributed by atoms with Gasteiger partial charge >= 0.3 is 0 Å². The van der Waals surface area contributed by atoms with Crippen molar-refractivity contribution in [2.45, 2.75) is 32.3 Å². The number of aliphatic hydroxyl groups is 1. The van der Waals surface area contributed by atoms with E-state index in [-0.39, 0.29) is 10.6 Å². The molecule has 6 nitrogen and oxygen atoms in total. The quantitative estimate of drug-likeness (QED) is 0.681. The fourth-order valence-corrected chi connectivity index (χ4v) is 3.54.